The van der Waals surface area contributed by atoms with Crippen molar-refractivity contribution in [3.63, 3.8) is 0 Å². The van der Waals surface area contributed by atoms with Crippen LogP contribution in [0.25, 0.3) is 0 Å². The molecular weight excluding hydrogens is 386 g/mol. The standard InChI is InChI=1S/C21H24ClN7/c1-27(2)20-15-18(24-17-7-5-6-16(22)14-17)25-21(26-20)29-12-10-28(11-13-29)19-8-3-4-9-23-19/h3-9,14-15H,10-13H2,1-2H3,(H,24,25,26). The molecule has 150 valence electrons. The number of anilines is 5. The van der Waals surface area contributed by atoms with E-state index < -0.39 is 0 Å². The summed E-state index contributed by atoms with van der Waals surface area (Å²) in [7, 11) is 3.96. The second kappa shape index (κ2) is 8.53. The smallest absolute Gasteiger partial charge is 0.229 e. The zero-order valence-corrected chi connectivity index (χ0v) is 17.3. The van der Waals surface area contributed by atoms with Crippen LogP contribution in [0.3, 0.4) is 0 Å². The Morgan fingerprint density at radius 3 is 2.41 bits per heavy atom. The van der Waals surface area contributed by atoms with Gasteiger partial charge in [-0.15, -0.1) is 0 Å². The molecule has 0 radical (unpaired) electrons. The minimum Gasteiger partial charge on any atom is -0.363 e. The van der Waals surface area contributed by atoms with Crippen molar-refractivity contribution in [2.24, 2.45) is 0 Å². The van der Waals surface area contributed by atoms with Crippen molar-refractivity contribution < 1.29 is 0 Å². The maximum Gasteiger partial charge on any atom is 0.229 e. The average Bonchev–Trinajstić information content (AvgIpc) is 2.74. The molecule has 0 unspecified atom stereocenters. The van der Waals surface area contributed by atoms with Crippen molar-refractivity contribution in [1.29, 1.82) is 0 Å². The van der Waals surface area contributed by atoms with Gasteiger partial charge in [-0.25, -0.2) is 4.98 Å². The highest BCUT2D eigenvalue weighted by molar-refractivity contribution is 6.30. The molecule has 29 heavy (non-hydrogen) atoms. The number of pyridine rings is 1. The van der Waals surface area contributed by atoms with Crippen LogP contribution in [0, 0.1) is 0 Å². The summed E-state index contributed by atoms with van der Waals surface area (Å²) in [5, 5.41) is 4.03. The van der Waals surface area contributed by atoms with Gasteiger partial charge < -0.3 is 20.0 Å². The zero-order valence-electron chi connectivity index (χ0n) is 16.6. The summed E-state index contributed by atoms with van der Waals surface area (Å²) in [6, 6.07) is 15.6. The highest BCUT2D eigenvalue weighted by atomic mass is 35.5. The number of aromatic nitrogens is 3. The van der Waals surface area contributed by atoms with Gasteiger partial charge in [-0.1, -0.05) is 23.7 Å². The van der Waals surface area contributed by atoms with Crippen LogP contribution in [-0.2, 0) is 0 Å². The van der Waals surface area contributed by atoms with Crippen molar-refractivity contribution >= 4 is 40.7 Å². The maximum absolute atomic E-state index is 6.11. The van der Waals surface area contributed by atoms with Crippen LogP contribution in [0.1, 0.15) is 0 Å². The van der Waals surface area contributed by atoms with Gasteiger partial charge >= 0.3 is 0 Å². The Bertz CT molecular complexity index is 956. The summed E-state index contributed by atoms with van der Waals surface area (Å²) >= 11 is 6.11. The van der Waals surface area contributed by atoms with E-state index in [2.05, 4.69) is 20.1 Å². The molecule has 0 bridgehead atoms. The third-order valence-electron chi connectivity index (χ3n) is 4.79. The number of hydrogen-bond donors (Lipinski definition) is 1. The molecule has 1 aromatic carbocycles. The molecule has 4 rings (SSSR count). The van der Waals surface area contributed by atoms with Crippen LogP contribution in [0.15, 0.2) is 54.7 Å². The minimum absolute atomic E-state index is 0.683. The first-order valence-electron chi connectivity index (χ1n) is 9.58. The van der Waals surface area contributed by atoms with E-state index in [-0.39, 0.29) is 0 Å². The predicted molar refractivity (Wildman–Crippen MR) is 120 cm³/mol. The first-order valence-corrected chi connectivity index (χ1v) is 9.96. The first kappa shape index (κ1) is 19.3. The predicted octanol–water partition coefficient (Wildman–Crippen LogP) is 3.66. The number of nitrogens with one attached hydrogen (secondary N) is 1. The molecule has 1 fully saturated rings. The van der Waals surface area contributed by atoms with E-state index in [0.29, 0.717) is 5.02 Å². The molecular formula is C21H24ClN7. The van der Waals surface area contributed by atoms with Crippen molar-refractivity contribution in [3.8, 4) is 0 Å². The van der Waals surface area contributed by atoms with Crippen LogP contribution in [0.2, 0.25) is 5.02 Å². The van der Waals surface area contributed by atoms with E-state index in [0.717, 1.165) is 55.3 Å². The summed E-state index contributed by atoms with van der Waals surface area (Å²) in [5.74, 6) is 3.33. The fourth-order valence-electron chi connectivity index (χ4n) is 3.25. The largest absolute Gasteiger partial charge is 0.363 e. The van der Waals surface area contributed by atoms with Gasteiger partial charge in [-0.05, 0) is 30.3 Å². The zero-order chi connectivity index (χ0) is 20.2. The summed E-state index contributed by atoms with van der Waals surface area (Å²) < 4.78 is 0. The van der Waals surface area contributed by atoms with Crippen LogP contribution < -0.4 is 20.0 Å². The molecule has 2 aromatic heterocycles. The van der Waals surface area contributed by atoms with Gasteiger partial charge in [0, 0.05) is 63.2 Å². The summed E-state index contributed by atoms with van der Waals surface area (Å²) in [4.78, 5) is 20.5. The number of nitrogens with zero attached hydrogens (tertiary/aromatic N) is 6. The molecule has 8 heteroatoms. The maximum atomic E-state index is 6.11. The van der Waals surface area contributed by atoms with Gasteiger partial charge in [0.05, 0.1) is 0 Å². The lowest BCUT2D eigenvalue weighted by molar-refractivity contribution is 0.635. The normalized spacial score (nSPS) is 14.0. The number of rotatable bonds is 5. The number of piperazine rings is 1. The van der Waals surface area contributed by atoms with Crippen molar-refractivity contribution in [2.75, 3.05) is 60.3 Å². The lowest BCUT2D eigenvalue weighted by Gasteiger charge is -2.35. The van der Waals surface area contributed by atoms with Gasteiger partial charge in [0.15, 0.2) is 0 Å². The molecule has 0 atom stereocenters. The molecule has 0 spiro atoms. The molecule has 1 N–H and O–H groups in total. The Morgan fingerprint density at radius 2 is 1.72 bits per heavy atom. The first-order chi connectivity index (χ1) is 14.1. The van der Waals surface area contributed by atoms with Crippen LogP contribution >= 0.6 is 11.6 Å². The highest BCUT2D eigenvalue weighted by Crippen LogP contribution is 2.25. The molecule has 1 aliphatic heterocycles. The molecule has 1 saturated heterocycles. The summed E-state index contributed by atoms with van der Waals surface area (Å²) in [5.41, 5.74) is 0.895. The van der Waals surface area contributed by atoms with E-state index in [1.807, 2.05) is 73.7 Å². The quantitative estimate of drug-likeness (QED) is 0.689. The monoisotopic (exact) mass is 409 g/mol. The fourth-order valence-corrected chi connectivity index (χ4v) is 3.44. The van der Waals surface area contributed by atoms with Crippen molar-refractivity contribution in [1.82, 2.24) is 15.0 Å². The summed E-state index contributed by atoms with van der Waals surface area (Å²) in [6.45, 7) is 3.43. The van der Waals surface area contributed by atoms with Crippen molar-refractivity contribution in [3.05, 3.63) is 59.8 Å². The van der Waals surface area contributed by atoms with E-state index >= 15 is 0 Å². The second-order valence-corrected chi connectivity index (χ2v) is 7.54. The molecule has 3 aromatic rings. The van der Waals surface area contributed by atoms with Crippen molar-refractivity contribution in [2.45, 2.75) is 0 Å². The number of hydrogen-bond acceptors (Lipinski definition) is 7. The Hall–Kier alpha value is -3.06. The topological polar surface area (TPSA) is 60.4 Å². The highest BCUT2D eigenvalue weighted by Gasteiger charge is 2.21. The Labute approximate surface area is 176 Å². The van der Waals surface area contributed by atoms with Gasteiger partial charge in [0.2, 0.25) is 5.95 Å². The van der Waals surface area contributed by atoms with E-state index in [9.17, 15) is 0 Å². The van der Waals surface area contributed by atoms with E-state index in [1.165, 1.54) is 0 Å². The van der Waals surface area contributed by atoms with Crippen LogP contribution in [0.4, 0.5) is 29.1 Å². The Kier molecular flexibility index (Phi) is 5.67. The van der Waals surface area contributed by atoms with Gasteiger partial charge in [-0.2, -0.15) is 9.97 Å². The molecule has 3 heterocycles. The summed E-state index contributed by atoms with van der Waals surface area (Å²) in [6.07, 6.45) is 1.83. The molecule has 0 saturated carbocycles. The molecule has 0 aliphatic carbocycles. The Morgan fingerprint density at radius 1 is 0.931 bits per heavy atom. The SMILES string of the molecule is CN(C)c1cc(Nc2cccc(Cl)c2)nc(N2CCN(c3ccccn3)CC2)n1. The lowest BCUT2D eigenvalue weighted by atomic mass is 10.3. The second-order valence-electron chi connectivity index (χ2n) is 7.10. The van der Waals surface area contributed by atoms with Gasteiger partial charge in [0.25, 0.3) is 0 Å². The molecule has 7 nitrogen and oxygen atoms in total. The lowest BCUT2D eigenvalue weighted by Crippen LogP contribution is -2.47. The fraction of sp³-hybridized carbons (Fsp3) is 0.286. The van der Waals surface area contributed by atoms with Crippen LogP contribution in [-0.4, -0.2) is 55.2 Å². The average molecular weight is 410 g/mol. The van der Waals surface area contributed by atoms with Gasteiger partial charge in [0.1, 0.15) is 17.5 Å². The number of halogens is 1. The Balaban J connectivity index is 1.53. The third kappa shape index (κ3) is 4.68. The number of benzene rings is 1. The van der Waals surface area contributed by atoms with E-state index in [1.54, 1.807) is 0 Å². The molecule has 0 amide bonds. The van der Waals surface area contributed by atoms with E-state index in [4.69, 9.17) is 21.6 Å². The van der Waals surface area contributed by atoms with Crippen LogP contribution in [0.5, 0.6) is 0 Å². The van der Waals surface area contributed by atoms with Gasteiger partial charge in [-0.3, -0.25) is 0 Å². The minimum atomic E-state index is 0.683. The third-order valence-corrected chi connectivity index (χ3v) is 5.03. The molecule has 1 aliphatic rings.